The van der Waals surface area contributed by atoms with Crippen LogP contribution < -0.4 is 5.56 Å². The van der Waals surface area contributed by atoms with E-state index >= 15 is 0 Å². The third-order valence-corrected chi connectivity index (χ3v) is 5.33. The highest BCUT2D eigenvalue weighted by molar-refractivity contribution is 7.71. The molecular formula is C14H19N3O2S2. The van der Waals surface area contributed by atoms with E-state index in [-0.39, 0.29) is 5.56 Å². The fourth-order valence-corrected chi connectivity index (χ4v) is 3.87. The van der Waals surface area contributed by atoms with E-state index in [1.165, 1.54) is 4.88 Å². The summed E-state index contributed by atoms with van der Waals surface area (Å²) in [6.45, 7) is 6.93. The van der Waals surface area contributed by atoms with Crippen molar-refractivity contribution in [1.82, 2.24) is 14.5 Å². The van der Waals surface area contributed by atoms with Crippen LogP contribution in [0, 0.1) is 4.77 Å². The van der Waals surface area contributed by atoms with E-state index in [1.54, 1.807) is 15.9 Å². The number of ether oxygens (including phenoxy) is 1. The molecule has 1 saturated heterocycles. The Morgan fingerprint density at radius 3 is 2.86 bits per heavy atom. The molecule has 0 unspecified atom stereocenters. The maximum atomic E-state index is 12.6. The Labute approximate surface area is 132 Å². The van der Waals surface area contributed by atoms with Gasteiger partial charge in [0.15, 0.2) is 4.77 Å². The summed E-state index contributed by atoms with van der Waals surface area (Å²) in [5.41, 5.74) is 0.0259. The van der Waals surface area contributed by atoms with Crippen LogP contribution in [-0.2, 0) is 17.7 Å². The Morgan fingerprint density at radius 1 is 1.38 bits per heavy atom. The van der Waals surface area contributed by atoms with Gasteiger partial charge in [-0.05, 0) is 24.7 Å². The number of hydrogen-bond donors (Lipinski definition) is 1. The Morgan fingerprint density at radius 2 is 2.14 bits per heavy atom. The average molecular weight is 325 g/mol. The van der Waals surface area contributed by atoms with Gasteiger partial charge in [0.05, 0.1) is 18.6 Å². The van der Waals surface area contributed by atoms with Crippen molar-refractivity contribution in [3.05, 3.63) is 26.1 Å². The van der Waals surface area contributed by atoms with E-state index < -0.39 is 0 Å². The SMILES string of the molecule is CCc1cc2c(=O)n(CCN3CCOCC3)c(=S)[nH]c2s1. The molecule has 3 heterocycles. The number of thiophene rings is 1. The normalized spacial score (nSPS) is 16.6. The predicted molar refractivity (Wildman–Crippen MR) is 87.9 cm³/mol. The first-order valence-electron chi connectivity index (χ1n) is 7.24. The van der Waals surface area contributed by atoms with Gasteiger partial charge in [0, 0.05) is 31.1 Å². The monoisotopic (exact) mass is 325 g/mol. The first-order valence-corrected chi connectivity index (χ1v) is 8.47. The van der Waals surface area contributed by atoms with Gasteiger partial charge in [-0.1, -0.05) is 6.92 Å². The number of H-pyrrole nitrogens is 1. The number of hydrogen-bond acceptors (Lipinski definition) is 5. The van der Waals surface area contributed by atoms with E-state index in [2.05, 4.69) is 16.8 Å². The molecule has 0 atom stereocenters. The number of aromatic nitrogens is 2. The molecule has 1 N–H and O–H groups in total. The van der Waals surface area contributed by atoms with Crippen molar-refractivity contribution in [3.8, 4) is 0 Å². The largest absolute Gasteiger partial charge is 0.379 e. The second-order valence-electron chi connectivity index (χ2n) is 5.15. The van der Waals surface area contributed by atoms with Crippen molar-refractivity contribution in [1.29, 1.82) is 0 Å². The summed E-state index contributed by atoms with van der Waals surface area (Å²) in [5.74, 6) is 0. The number of fused-ring (bicyclic) bond motifs is 1. The maximum Gasteiger partial charge on any atom is 0.263 e. The van der Waals surface area contributed by atoms with Gasteiger partial charge in [-0.15, -0.1) is 11.3 Å². The van der Waals surface area contributed by atoms with E-state index in [1.807, 2.05) is 6.07 Å². The Hall–Kier alpha value is -1.02. The lowest BCUT2D eigenvalue weighted by atomic mass is 10.3. The summed E-state index contributed by atoms with van der Waals surface area (Å²) >= 11 is 6.97. The summed E-state index contributed by atoms with van der Waals surface area (Å²) in [6, 6.07) is 1.98. The van der Waals surface area contributed by atoms with Gasteiger partial charge in [0.1, 0.15) is 4.83 Å². The van der Waals surface area contributed by atoms with Crippen molar-refractivity contribution in [2.24, 2.45) is 0 Å². The first kappa shape index (κ1) is 14.9. The number of rotatable bonds is 4. The molecule has 114 valence electrons. The molecule has 0 aliphatic carbocycles. The topological polar surface area (TPSA) is 50.3 Å². The maximum absolute atomic E-state index is 12.6. The highest BCUT2D eigenvalue weighted by Crippen LogP contribution is 2.21. The zero-order chi connectivity index (χ0) is 14.8. The molecule has 7 heteroatoms. The fourth-order valence-electron chi connectivity index (χ4n) is 2.54. The molecule has 1 aliphatic rings. The molecule has 1 aliphatic heterocycles. The van der Waals surface area contributed by atoms with Crippen LogP contribution in [0.2, 0.25) is 0 Å². The summed E-state index contributed by atoms with van der Waals surface area (Å²) < 4.78 is 7.54. The minimum Gasteiger partial charge on any atom is -0.379 e. The number of nitrogens with zero attached hydrogens (tertiary/aromatic N) is 2. The van der Waals surface area contributed by atoms with Crippen molar-refractivity contribution >= 4 is 33.8 Å². The van der Waals surface area contributed by atoms with Gasteiger partial charge in [-0.2, -0.15) is 0 Å². The summed E-state index contributed by atoms with van der Waals surface area (Å²) in [6.07, 6.45) is 0.938. The van der Waals surface area contributed by atoms with Crippen LogP contribution in [0.25, 0.3) is 10.2 Å². The molecule has 3 rings (SSSR count). The van der Waals surface area contributed by atoms with Crippen molar-refractivity contribution < 1.29 is 4.74 Å². The first-order chi connectivity index (χ1) is 10.2. The molecule has 2 aromatic rings. The highest BCUT2D eigenvalue weighted by Gasteiger charge is 2.13. The van der Waals surface area contributed by atoms with Gasteiger partial charge in [-0.25, -0.2) is 0 Å². The standard InChI is InChI=1S/C14H19N3O2S2/c1-2-10-9-11-12(21-10)15-14(20)17(13(11)18)4-3-16-5-7-19-8-6-16/h9H,2-8H2,1H3,(H,15,20). The van der Waals surface area contributed by atoms with Crippen LogP contribution in [0.3, 0.4) is 0 Å². The lowest BCUT2D eigenvalue weighted by Crippen LogP contribution is -2.39. The Balaban J connectivity index is 1.87. The molecule has 5 nitrogen and oxygen atoms in total. The smallest absolute Gasteiger partial charge is 0.263 e. The molecule has 0 amide bonds. The minimum absolute atomic E-state index is 0.0259. The lowest BCUT2D eigenvalue weighted by molar-refractivity contribution is 0.0362. The van der Waals surface area contributed by atoms with Gasteiger partial charge >= 0.3 is 0 Å². The van der Waals surface area contributed by atoms with Gasteiger partial charge < -0.3 is 9.72 Å². The Kier molecular flexibility index (Phi) is 4.54. The van der Waals surface area contributed by atoms with Crippen LogP contribution in [-0.4, -0.2) is 47.3 Å². The van der Waals surface area contributed by atoms with E-state index in [0.717, 1.165) is 49.5 Å². The van der Waals surface area contributed by atoms with Gasteiger partial charge in [0.2, 0.25) is 0 Å². The summed E-state index contributed by atoms with van der Waals surface area (Å²) in [7, 11) is 0. The lowest BCUT2D eigenvalue weighted by Gasteiger charge is -2.26. The number of aromatic amines is 1. The summed E-state index contributed by atoms with van der Waals surface area (Å²) in [4.78, 5) is 20.2. The molecular weight excluding hydrogens is 306 g/mol. The second kappa shape index (κ2) is 6.39. The van der Waals surface area contributed by atoms with Crippen molar-refractivity contribution in [2.45, 2.75) is 19.9 Å². The van der Waals surface area contributed by atoms with Crippen LogP contribution >= 0.6 is 23.6 Å². The van der Waals surface area contributed by atoms with E-state index in [4.69, 9.17) is 17.0 Å². The Bertz CT molecular complexity index is 741. The fraction of sp³-hybridized carbons (Fsp3) is 0.571. The van der Waals surface area contributed by atoms with Crippen LogP contribution in [0.5, 0.6) is 0 Å². The molecule has 1 fully saturated rings. The molecule has 0 saturated carbocycles. The highest BCUT2D eigenvalue weighted by atomic mass is 32.1. The zero-order valence-corrected chi connectivity index (χ0v) is 13.7. The van der Waals surface area contributed by atoms with Gasteiger partial charge in [-0.3, -0.25) is 14.3 Å². The summed E-state index contributed by atoms with van der Waals surface area (Å²) in [5, 5.41) is 0.757. The molecule has 21 heavy (non-hydrogen) atoms. The van der Waals surface area contributed by atoms with E-state index in [9.17, 15) is 4.79 Å². The van der Waals surface area contributed by atoms with E-state index in [0.29, 0.717) is 11.3 Å². The minimum atomic E-state index is 0.0259. The molecule has 0 spiro atoms. The number of aryl methyl sites for hydroxylation is 1. The van der Waals surface area contributed by atoms with Crippen LogP contribution in [0.4, 0.5) is 0 Å². The third-order valence-electron chi connectivity index (χ3n) is 3.82. The van der Waals surface area contributed by atoms with Crippen molar-refractivity contribution in [2.75, 3.05) is 32.8 Å². The molecule has 0 bridgehead atoms. The molecule has 0 aromatic carbocycles. The van der Waals surface area contributed by atoms with Crippen LogP contribution in [0.1, 0.15) is 11.8 Å². The zero-order valence-electron chi connectivity index (χ0n) is 12.1. The van der Waals surface area contributed by atoms with Crippen molar-refractivity contribution in [3.63, 3.8) is 0 Å². The number of nitrogens with one attached hydrogen (secondary N) is 1. The molecule has 2 aromatic heterocycles. The second-order valence-corrected chi connectivity index (χ2v) is 6.67. The average Bonchev–Trinajstić information content (AvgIpc) is 2.91. The van der Waals surface area contributed by atoms with Crippen LogP contribution in [0.15, 0.2) is 10.9 Å². The number of morpholine rings is 1. The quantitative estimate of drug-likeness (QED) is 0.874. The molecule has 0 radical (unpaired) electrons. The van der Waals surface area contributed by atoms with Gasteiger partial charge in [0.25, 0.3) is 5.56 Å². The predicted octanol–water partition coefficient (Wildman–Crippen LogP) is 2.02. The third kappa shape index (κ3) is 3.11.